The van der Waals surface area contributed by atoms with Crippen molar-refractivity contribution in [2.24, 2.45) is 11.7 Å². The first kappa shape index (κ1) is 16.7. The topological polar surface area (TPSA) is 29.3 Å². The van der Waals surface area contributed by atoms with Crippen molar-refractivity contribution in [2.75, 3.05) is 14.1 Å². The standard InChI is InChI=1S/C17H26ClFN2/c1-12-5-4-8-17(11-12,21(2)3)16(20)9-13-6-7-14(19)10-15(13)18/h6-7,10,12,16H,4-5,8-9,11,20H2,1-3H3. The van der Waals surface area contributed by atoms with Crippen LogP contribution in [0.2, 0.25) is 5.02 Å². The monoisotopic (exact) mass is 312 g/mol. The molecular formula is C17H26ClFN2. The van der Waals surface area contributed by atoms with Crippen molar-refractivity contribution in [1.82, 2.24) is 4.90 Å². The first-order valence-electron chi connectivity index (χ1n) is 7.72. The summed E-state index contributed by atoms with van der Waals surface area (Å²) >= 11 is 6.16. The highest BCUT2D eigenvalue weighted by Crippen LogP contribution is 2.38. The lowest BCUT2D eigenvalue weighted by atomic mass is 9.70. The minimum Gasteiger partial charge on any atom is -0.326 e. The first-order valence-corrected chi connectivity index (χ1v) is 8.10. The van der Waals surface area contributed by atoms with Crippen LogP contribution in [-0.4, -0.2) is 30.6 Å². The average molecular weight is 313 g/mol. The van der Waals surface area contributed by atoms with E-state index in [1.165, 1.54) is 25.0 Å². The van der Waals surface area contributed by atoms with Gasteiger partial charge in [0, 0.05) is 16.6 Å². The third kappa shape index (κ3) is 3.58. The molecule has 0 radical (unpaired) electrons. The van der Waals surface area contributed by atoms with Crippen molar-refractivity contribution in [3.63, 3.8) is 0 Å². The molecule has 0 saturated heterocycles. The molecule has 1 aliphatic carbocycles. The van der Waals surface area contributed by atoms with Gasteiger partial charge in [-0.3, -0.25) is 0 Å². The van der Waals surface area contributed by atoms with Gasteiger partial charge in [0.1, 0.15) is 5.82 Å². The Morgan fingerprint density at radius 3 is 2.76 bits per heavy atom. The fraction of sp³-hybridized carbons (Fsp3) is 0.647. The number of benzene rings is 1. The lowest BCUT2D eigenvalue weighted by Crippen LogP contribution is -2.60. The zero-order valence-corrected chi connectivity index (χ0v) is 14.0. The molecule has 4 heteroatoms. The van der Waals surface area contributed by atoms with Crippen molar-refractivity contribution in [3.05, 3.63) is 34.6 Å². The van der Waals surface area contributed by atoms with Crippen LogP contribution in [0.5, 0.6) is 0 Å². The van der Waals surface area contributed by atoms with Crippen LogP contribution in [0.15, 0.2) is 18.2 Å². The van der Waals surface area contributed by atoms with Crippen LogP contribution >= 0.6 is 11.6 Å². The summed E-state index contributed by atoms with van der Waals surface area (Å²) in [4.78, 5) is 2.28. The van der Waals surface area contributed by atoms with Gasteiger partial charge in [-0.15, -0.1) is 0 Å². The zero-order chi connectivity index (χ0) is 15.6. The van der Waals surface area contributed by atoms with Crippen LogP contribution in [0, 0.1) is 11.7 Å². The van der Waals surface area contributed by atoms with E-state index < -0.39 is 0 Å². The second-order valence-corrected chi connectivity index (χ2v) is 7.15. The molecule has 2 nitrogen and oxygen atoms in total. The largest absolute Gasteiger partial charge is 0.326 e. The van der Waals surface area contributed by atoms with Crippen molar-refractivity contribution < 1.29 is 4.39 Å². The van der Waals surface area contributed by atoms with Crippen LogP contribution in [0.25, 0.3) is 0 Å². The number of hydrogen-bond donors (Lipinski definition) is 1. The molecule has 1 fully saturated rings. The third-order valence-corrected chi connectivity index (χ3v) is 5.40. The predicted molar refractivity (Wildman–Crippen MR) is 87.1 cm³/mol. The molecule has 1 saturated carbocycles. The van der Waals surface area contributed by atoms with Gasteiger partial charge in [-0.05, 0) is 57.0 Å². The highest BCUT2D eigenvalue weighted by atomic mass is 35.5. The molecule has 2 rings (SSSR count). The van der Waals surface area contributed by atoms with Crippen molar-refractivity contribution in [3.8, 4) is 0 Å². The maximum absolute atomic E-state index is 13.2. The summed E-state index contributed by atoms with van der Waals surface area (Å²) in [5, 5.41) is 0.475. The van der Waals surface area contributed by atoms with Gasteiger partial charge in [0.2, 0.25) is 0 Å². The maximum atomic E-state index is 13.2. The first-order chi connectivity index (χ1) is 9.85. The molecule has 1 aromatic carbocycles. The van der Waals surface area contributed by atoms with Gasteiger partial charge in [0.15, 0.2) is 0 Å². The average Bonchev–Trinajstić information content (AvgIpc) is 2.41. The van der Waals surface area contributed by atoms with E-state index in [4.69, 9.17) is 17.3 Å². The summed E-state index contributed by atoms with van der Waals surface area (Å²) in [6.07, 6.45) is 5.40. The van der Waals surface area contributed by atoms with Gasteiger partial charge in [-0.25, -0.2) is 4.39 Å². The second kappa shape index (κ2) is 6.64. The Hall–Kier alpha value is -0.640. The van der Waals surface area contributed by atoms with E-state index in [2.05, 4.69) is 25.9 Å². The van der Waals surface area contributed by atoms with Crippen LogP contribution in [0.1, 0.15) is 38.2 Å². The van der Waals surface area contributed by atoms with E-state index in [-0.39, 0.29) is 17.4 Å². The van der Waals surface area contributed by atoms with E-state index in [0.717, 1.165) is 18.4 Å². The molecule has 2 N–H and O–H groups in total. The SMILES string of the molecule is CC1CCCC(C(N)Cc2ccc(F)cc2Cl)(N(C)C)C1. The van der Waals surface area contributed by atoms with Gasteiger partial charge >= 0.3 is 0 Å². The molecule has 1 aromatic rings. The Morgan fingerprint density at radius 1 is 1.48 bits per heavy atom. The zero-order valence-electron chi connectivity index (χ0n) is 13.2. The molecule has 3 unspecified atom stereocenters. The quantitative estimate of drug-likeness (QED) is 0.914. The van der Waals surface area contributed by atoms with E-state index in [1.807, 2.05) is 0 Å². The van der Waals surface area contributed by atoms with Crippen LogP contribution in [0.3, 0.4) is 0 Å². The van der Waals surface area contributed by atoms with Crippen molar-refractivity contribution in [1.29, 1.82) is 0 Å². The van der Waals surface area contributed by atoms with Gasteiger partial charge < -0.3 is 10.6 Å². The number of likely N-dealkylation sites (N-methyl/N-ethyl adjacent to an activating group) is 1. The molecule has 118 valence electrons. The second-order valence-electron chi connectivity index (χ2n) is 6.75. The molecule has 0 spiro atoms. The molecule has 0 aromatic heterocycles. The minimum absolute atomic E-state index is 0.00166. The molecule has 0 aliphatic heterocycles. The van der Waals surface area contributed by atoms with Crippen LogP contribution in [0.4, 0.5) is 4.39 Å². The molecule has 21 heavy (non-hydrogen) atoms. The summed E-state index contributed by atoms with van der Waals surface area (Å²) in [6, 6.07) is 4.58. The Bertz CT molecular complexity index is 492. The Balaban J connectivity index is 2.21. The highest BCUT2D eigenvalue weighted by Gasteiger charge is 2.42. The molecule has 3 atom stereocenters. The third-order valence-electron chi connectivity index (χ3n) is 5.04. The summed E-state index contributed by atoms with van der Waals surface area (Å²) in [7, 11) is 4.23. The maximum Gasteiger partial charge on any atom is 0.124 e. The predicted octanol–water partition coefficient (Wildman–Crippen LogP) is 3.86. The lowest BCUT2D eigenvalue weighted by Gasteiger charge is -2.49. The van der Waals surface area contributed by atoms with E-state index in [1.54, 1.807) is 6.07 Å². The fourth-order valence-electron chi connectivity index (χ4n) is 3.75. The molecule has 0 amide bonds. The molecule has 0 heterocycles. The number of nitrogens with zero attached hydrogens (tertiary/aromatic N) is 1. The lowest BCUT2D eigenvalue weighted by molar-refractivity contribution is 0.0504. The highest BCUT2D eigenvalue weighted by molar-refractivity contribution is 6.31. The van der Waals surface area contributed by atoms with Gasteiger partial charge in [-0.1, -0.05) is 37.4 Å². The van der Waals surface area contributed by atoms with Gasteiger partial charge in [0.05, 0.1) is 0 Å². The summed E-state index contributed by atoms with van der Waals surface area (Å²) in [5.74, 6) is 0.391. The summed E-state index contributed by atoms with van der Waals surface area (Å²) < 4.78 is 13.2. The van der Waals surface area contributed by atoms with E-state index in [9.17, 15) is 4.39 Å². The van der Waals surface area contributed by atoms with Crippen molar-refractivity contribution in [2.45, 2.75) is 50.6 Å². The minimum atomic E-state index is -0.300. The number of halogens is 2. The number of rotatable bonds is 4. The molecule has 1 aliphatic rings. The fourth-order valence-corrected chi connectivity index (χ4v) is 4.00. The van der Waals surface area contributed by atoms with Gasteiger partial charge in [-0.2, -0.15) is 0 Å². The Kier molecular flexibility index (Phi) is 5.29. The number of hydrogen-bond acceptors (Lipinski definition) is 2. The molecule has 0 bridgehead atoms. The summed E-state index contributed by atoms with van der Waals surface area (Å²) in [5.41, 5.74) is 7.54. The van der Waals surface area contributed by atoms with Crippen LogP contribution in [-0.2, 0) is 6.42 Å². The van der Waals surface area contributed by atoms with E-state index >= 15 is 0 Å². The normalized spacial score (nSPS) is 27.9. The van der Waals surface area contributed by atoms with Crippen LogP contribution < -0.4 is 5.73 Å². The molecular weight excluding hydrogens is 287 g/mol. The Morgan fingerprint density at radius 2 is 2.19 bits per heavy atom. The van der Waals surface area contributed by atoms with Crippen molar-refractivity contribution >= 4 is 11.6 Å². The number of nitrogens with two attached hydrogens (primary N) is 1. The van der Waals surface area contributed by atoms with E-state index in [0.29, 0.717) is 17.4 Å². The smallest absolute Gasteiger partial charge is 0.124 e. The Labute approximate surface area is 132 Å². The summed E-state index contributed by atoms with van der Waals surface area (Å²) in [6.45, 7) is 2.30. The van der Waals surface area contributed by atoms with Gasteiger partial charge in [0.25, 0.3) is 0 Å².